The molecular formula is C15H14Cl2N6O. The highest BCUT2D eigenvalue weighted by atomic mass is 35.5. The average Bonchev–Trinajstić information content (AvgIpc) is 3.07. The van der Waals surface area contributed by atoms with Crippen LogP contribution in [0.25, 0.3) is 0 Å². The smallest absolute Gasteiger partial charge is 0.280 e. The van der Waals surface area contributed by atoms with Gasteiger partial charge in [-0.2, -0.15) is 5.10 Å². The van der Waals surface area contributed by atoms with E-state index in [0.29, 0.717) is 22.3 Å². The van der Waals surface area contributed by atoms with E-state index < -0.39 is 5.91 Å². The molecule has 0 bridgehead atoms. The Morgan fingerprint density at radius 3 is 2.75 bits per heavy atom. The highest BCUT2D eigenvalue weighted by Crippen LogP contribution is 2.20. The third-order valence-corrected chi connectivity index (χ3v) is 4.16. The topological polar surface area (TPSA) is 77.6 Å². The molecule has 0 saturated carbocycles. The first-order valence-electron chi connectivity index (χ1n) is 7.08. The first-order valence-corrected chi connectivity index (χ1v) is 7.84. The van der Waals surface area contributed by atoms with Crippen LogP contribution in [0.4, 0.5) is 5.95 Å². The lowest BCUT2D eigenvalue weighted by Gasteiger charge is -2.01. The van der Waals surface area contributed by atoms with Gasteiger partial charge in [-0.1, -0.05) is 35.3 Å². The van der Waals surface area contributed by atoms with Crippen molar-refractivity contribution in [1.82, 2.24) is 24.5 Å². The number of carbonyl (C=O) groups excluding carboxylic acids is 1. The van der Waals surface area contributed by atoms with Gasteiger partial charge in [0.25, 0.3) is 5.91 Å². The van der Waals surface area contributed by atoms with Crippen LogP contribution in [0.3, 0.4) is 0 Å². The van der Waals surface area contributed by atoms with Crippen LogP contribution in [0, 0.1) is 6.92 Å². The van der Waals surface area contributed by atoms with Crippen molar-refractivity contribution in [2.45, 2.75) is 13.5 Å². The van der Waals surface area contributed by atoms with Gasteiger partial charge < -0.3 is 0 Å². The number of benzene rings is 1. The van der Waals surface area contributed by atoms with Crippen molar-refractivity contribution in [2.75, 3.05) is 5.32 Å². The molecule has 1 N–H and O–H groups in total. The Labute approximate surface area is 148 Å². The van der Waals surface area contributed by atoms with Crippen LogP contribution in [-0.4, -0.2) is 30.5 Å². The summed E-state index contributed by atoms with van der Waals surface area (Å²) >= 11 is 12.1. The molecule has 0 atom stereocenters. The fourth-order valence-electron chi connectivity index (χ4n) is 2.14. The van der Waals surface area contributed by atoms with Gasteiger partial charge in [-0.25, -0.2) is 9.67 Å². The third-order valence-electron chi connectivity index (χ3n) is 3.47. The molecule has 2 heterocycles. The molecule has 24 heavy (non-hydrogen) atoms. The van der Waals surface area contributed by atoms with E-state index in [0.717, 1.165) is 5.56 Å². The molecule has 0 unspecified atom stereocenters. The second-order valence-electron chi connectivity index (χ2n) is 5.22. The van der Waals surface area contributed by atoms with Gasteiger partial charge in [0.15, 0.2) is 5.69 Å². The maximum atomic E-state index is 12.2. The summed E-state index contributed by atoms with van der Waals surface area (Å²) in [6.07, 6.45) is 1.53. The zero-order valence-corrected chi connectivity index (χ0v) is 14.5. The van der Waals surface area contributed by atoms with Crippen molar-refractivity contribution in [2.24, 2.45) is 7.05 Å². The molecule has 0 aliphatic rings. The molecule has 0 fully saturated rings. The summed E-state index contributed by atoms with van der Waals surface area (Å²) < 4.78 is 3.15. The van der Waals surface area contributed by atoms with Gasteiger partial charge in [0.05, 0.1) is 17.3 Å². The lowest BCUT2D eigenvalue weighted by Crippen LogP contribution is -2.15. The highest BCUT2D eigenvalue weighted by Gasteiger charge is 2.19. The second-order valence-corrected chi connectivity index (χ2v) is 6.04. The summed E-state index contributed by atoms with van der Waals surface area (Å²) in [7, 11) is 1.72. The van der Waals surface area contributed by atoms with E-state index in [4.69, 9.17) is 23.2 Å². The van der Waals surface area contributed by atoms with Gasteiger partial charge in [0.1, 0.15) is 6.33 Å². The van der Waals surface area contributed by atoms with Gasteiger partial charge >= 0.3 is 0 Å². The number of hydrogen-bond acceptors (Lipinski definition) is 4. The Morgan fingerprint density at radius 2 is 2.08 bits per heavy atom. The Morgan fingerprint density at radius 1 is 1.29 bits per heavy atom. The van der Waals surface area contributed by atoms with E-state index in [1.54, 1.807) is 29.4 Å². The van der Waals surface area contributed by atoms with Crippen LogP contribution in [0.2, 0.25) is 10.0 Å². The number of halogens is 2. The maximum absolute atomic E-state index is 12.2. The summed E-state index contributed by atoms with van der Waals surface area (Å²) in [5.41, 5.74) is 1.83. The molecule has 124 valence electrons. The number of carbonyl (C=O) groups is 1. The molecule has 9 heteroatoms. The van der Waals surface area contributed by atoms with Gasteiger partial charge in [-0.05, 0) is 24.6 Å². The van der Waals surface area contributed by atoms with Crippen molar-refractivity contribution < 1.29 is 4.79 Å². The molecule has 2 aromatic heterocycles. The molecule has 0 aliphatic heterocycles. The summed E-state index contributed by atoms with van der Waals surface area (Å²) in [5, 5.41) is 11.9. The first-order chi connectivity index (χ1) is 11.4. The van der Waals surface area contributed by atoms with Crippen molar-refractivity contribution >= 4 is 35.1 Å². The minimum atomic E-state index is -0.454. The van der Waals surface area contributed by atoms with E-state index in [1.165, 1.54) is 6.33 Å². The average molecular weight is 365 g/mol. The standard InChI is InChI=1S/C15H14Cl2N6O/c1-9-12(17)13(20-22(9)2)14(24)19-15-18-8-23(21-15)7-10-4-3-5-11(16)6-10/h3-6,8H,7H2,1-2H3,(H,19,21,24). The molecule has 1 amide bonds. The number of aryl methyl sites for hydroxylation is 1. The highest BCUT2D eigenvalue weighted by molar-refractivity contribution is 6.34. The summed E-state index contributed by atoms with van der Waals surface area (Å²) in [5.74, 6) is -0.273. The normalized spacial score (nSPS) is 10.8. The lowest BCUT2D eigenvalue weighted by atomic mass is 10.2. The first kappa shape index (κ1) is 16.5. The van der Waals surface area contributed by atoms with E-state index in [1.807, 2.05) is 18.2 Å². The number of anilines is 1. The monoisotopic (exact) mass is 364 g/mol. The van der Waals surface area contributed by atoms with Crippen LogP contribution in [0.15, 0.2) is 30.6 Å². The molecule has 0 aliphatic carbocycles. The fraction of sp³-hybridized carbons (Fsp3) is 0.200. The predicted molar refractivity (Wildman–Crippen MR) is 91.5 cm³/mol. The molecule has 1 aromatic carbocycles. The van der Waals surface area contributed by atoms with Crippen LogP contribution < -0.4 is 5.32 Å². The van der Waals surface area contributed by atoms with E-state index >= 15 is 0 Å². The molecule has 3 aromatic rings. The minimum absolute atomic E-state index is 0.142. The van der Waals surface area contributed by atoms with Crippen molar-refractivity contribution in [3.8, 4) is 0 Å². The molecule has 0 saturated heterocycles. The number of amides is 1. The van der Waals surface area contributed by atoms with E-state index in [9.17, 15) is 4.79 Å². The Hall–Kier alpha value is -2.38. The number of nitrogens with zero attached hydrogens (tertiary/aromatic N) is 5. The molecule has 7 nitrogen and oxygen atoms in total. The molecule has 0 spiro atoms. The van der Waals surface area contributed by atoms with Crippen LogP contribution in [0.5, 0.6) is 0 Å². The van der Waals surface area contributed by atoms with Crippen molar-refractivity contribution in [1.29, 1.82) is 0 Å². The number of aromatic nitrogens is 5. The summed E-state index contributed by atoms with van der Waals surface area (Å²) in [6, 6.07) is 7.44. The summed E-state index contributed by atoms with van der Waals surface area (Å²) in [6.45, 7) is 2.27. The number of hydrogen-bond donors (Lipinski definition) is 1. The fourth-order valence-corrected chi connectivity index (χ4v) is 2.60. The van der Waals surface area contributed by atoms with Crippen molar-refractivity contribution in [3.63, 3.8) is 0 Å². The van der Waals surface area contributed by atoms with Crippen LogP contribution in [-0.2, 0) is 13.6 Å². The summed E-state index contributed by atoms with van der Waals surface area (Å²) in [4.78, 5) is 16.3. The van der Waals surface area contributed by atoms with Gasteiger partial charge in [-0.15, -0.1) is 5.10 Å². The van der Waals surface area contributed by atoms with Crippen molar-refractivity contribution in [3.05, 3.63) is 57.6 Å². The lowest BCUT2D eigenvalue weighted by molar-refractivity contribution is 0.102. The maximum Gasteiger partial charge on any atom is 0.280 e. The molecule has 3 rings (SSSR count). The number of nitrogens with one attached hydrogen (secondary N) is 1. The van der Waals surface area contributed by atoms with E-state index in [-0.39, 0.29) is 11.6 Å². The second kappa shape index (κ2) is 6.62. The minimum Gasteiger partial charge on any atom is -0.288 e. The SMILES string of the molecule is Cc1c(Cl)c(C(=O)Nc2ncn(Cc3cccc(Cl)c3)n2)nn1C. The largest absolute Gasteiger partial charge is 0.288 e. The number of rotatable bonds is 4. The van der Waals surface area contributed by atoms with Crippen LogP contribution in [0.1, 0.15) is 21.7 Å². The zero-order valence-electron chi connectivity index (χ0n) is 13.0. The Bertz CT molecular complexity index is 901. The van der Waals surface area contributed by atoms with Gasteiger partial charge in [-0.3, -0.25) is 14.8 Å². The zero-order chi connectivity index (χ0) is 17.3. The van der Waals surface area contributed by atoms with Gasteiger partial charge in [0.2, 0.25) is 5.95 Å². The molecule has 0 radical (unpaired) electrons. The third kappa shape index (κ3) is 3.42. The van der Waals surface area contributed by atoms with Gasteiger partial charge in [0, 0.05) is 12.1 Å². The molecular weight excluding hydrogens is 351 g/mol. The van der Waals surface area contributed by atoms with Crippen LogP contribution >= 0.6 is 23.2 Å². The quantitative estimate of drug-likeness (QED) is 0.771. The van der Waals surface area contributed by atoms with E-state index in [2.05, 4.69) is 20.5 Å². The predicted octanol–water partition coefficient (Wildman–Crippen LogP) is 2.93. The Kier molecular flexibility index (Phi) is 4.55. The Balaban J connectivity index is 1.71.